The molecule has 0 heterocycles. The van der Waals surface area contributed by atoms with Crippen molar-refractivity contribution in [2.45, 2.75) is 104 Å². The van der Waals surface area contributed by atoms with Crippen LogP contribution in [0.2, 0.25) is 0 Å². The molecule has 0 fully saturated rings. The summed E-state index contributed by atoms with van der Waals surface area (Å²) in [5.74, 6) is 1.52. The Labute approximate surface area is 184 Å². The number of benzene rings is 1. The van der Waals surface area contributed by atoms with Crippen LogP contribution >= 0.6 is 15.8 Å². The fraction of sp³-hybridized carbons (Fsp3) is 0.708. The Morgan fingerprint density at radius 2 is 0.852 bits per heavy atom. The molecule has 0 aliphatic carbocycles. The molecule has 162 valence electrons. The van der Waals surface area contributed by atoms with E-state index in [0.29, 0.717) is 20.6 Å². The van der Waals surface area contributed by atoms with Gasteiger partial charge in [-0.3, -0.25) is 0 Å². The second kappa shape index (κ2) is 11.0. The Bertz CT molecular complexity index is 453. The van der Waals surface area contributed by atoms with Gasteiger partial charge in [-0.05, 0) is 83.1 Å². The topological polar surface area (TPSA) is 0 Å². The third-order valence-corrected chi connectivity index (χ3v) is 14.9. The summed E-state index contributed by atoms with van der Waals surface area (Å²) in [4.78, 5) is 0. The van der Waals surface area contributed by atoms with Crippen LogP contribution in [-0.2, 0) is 16.5 Å². The molecule has 0 saturated heterocycles. The third kappa shape index (κ3) is 11.9. The summed E-state index contributed by atoms with van der Waals surface area (Å²) in [6.07, 6.45) is 0. The monoisotopic (exact) mass is 455 g/mol. The summed E-state index contributed by atoms with van der Waals surface area (Å²) in [6.45, 7) is 33.4. The van der Waals surface area contributed by atoms with E-state index in [1.54, 1.807) is 0 Å². The number of rotatable bonds is 2. The maximum atomic E-state index is 3.72. The van der Waals surface area contributed by atoms with E-state index in [1.165, 1.54) is 5.90 Å². The van der Waals surface area contributed by atoms with Crippen LogP contribution in [0.4, 0.5) is 0 Å². The Hall–Kier alpha value is 0.444. The minimum atomic E-state index is -0.394. The Morgan fingerprint density at radius 1 is 0.593 bits per heavy atom. The number of hydrogen-bond acceptors (Lipinski definition) is 0. The van der Waals surface area contributed by atoms with Crippen LogP contribution in [-0.4, -0.2) is 26.5 Å². The van der Waals surface area contributed by atoms with Gasteiger partial charge in [0.25, 0.3) is 0 Å². The van der Waals surface area contributed by atoms with Crippen molar-refractivity contribution in [1.29, 1.82) is 0 Å². The first-order valence-electron chi connectivity index (χ1n) is 9.97. The second-order valence-electron chi connectivity index (χ2n) is 11.6. The Morgan fingerprint density at radius 3 is 1.00 bits per heavy atom. The normalized spacial score (nSPS) is 13.1. The fourth-order valence-electron chi connectivity index (χ4n) is 3.97. The number of hydrogen-bond donors (Lipinski definition) is 0. The van der Waals surface area contributed by atoms with Gasteiger partial charge < -0.3 is 0 Å². The molecule has 0 aliphatic heterocycles. The summed E-state index contributed by atoms with van der Waals surface area (Å²) < 4.78 is 0. The van der Waals surface area contributed by atoms with Gasteiger partial charge in [-0.25, -0.2) is 0 Å². The van der Waals surface area contributed by atoms with Gasteiger partial charge >= 0.3 is 0 Å². The molecule has 0 unspecified atom stereocenters. The van der Waals surface area contributed by atoms with Crippen LogP contribution in [0.25, 0.3) is 0 Å². The van der Waals surface area contributed by atoms with Crippen molar-refractivity contribution in [3.63, 3.8) is 0 Å². The molecule has 0 spiro atoms. The first-order chi connectivity index (χ1) is 11.4. The van der Waals surface area contributed by atoms with Gasteiger partial charge in [-0.1, -0.05) is 6.07 Å². The molecular weight excluding hydrogens is 409 g/mol. The summed E-state index contributed by atoms with van der Waals surface area (Å²) in [5, 5.41) is 1.98. The zero-order valence-corrected chi connectivity index (χ0v) is 23.1. The molecule has 0 N–H and O–H groups in total. The second-order valence-corrected chi connectivity index (χ2v) is 20.9. The molecule has 0 nitrogen and oxygen atoms in total. The minimum absolute atomic E-state index is 0. The molecule has 1 aromatic rings. The molecule has 1 rings (SSSR count). The van der Waals surface area contributed by atoms with Gasteiger partial charge in [-0.15, -0.1) is 12.1 Å². The van der Waals surface area contributed by atoms with Crippen molar-refractivity contribution >= 4 is 15.8 Å². The average molecular weight is 456 g/mol. The summed E-state index contributed by atoms with van der Waals surface area (Å²) >= 11 is 0. The SMILES string of the molecule is CC(C)(C)[PH+](C[PH+](C(C)(C)C)C(C)(C)C)C(C)(C)C.[CH2-]c1ccccc1.[Ni]. The maximum Gasteiger partial charge on any atom is 0.157 e. The van der Waals surface area contributed by atoms with Crippen LogP contribution < -0.4 is 0 Å². The van der Waals surface area contributed by atoms with Gasteiger partial charge in [0.15, 0.2) is 5.90 Å². The standard InChI is InChI=1S/C17H38P2.C7H7.Ni/c1-14(2,3)18(15(4,5)6)13-19(16(7,8)9)17(10,11)12;1-7-5-3-2-4-6-7;/h13H2,1-12H3;2-6H,1H2;/q;-1;/p+2. The van der Waals surface area contributed by atoms with Crippen LogP contribution in [0.5, 0.6) is 0 Å². The van der Waals surface area contributed by atoms with E-state index in [-0.39, 0.29) is 16.5 Å². The van der Waals surface area contributed by atoms with Gasteiger partial charge in [0.1, 0.15) is 0 Å². The molecule has 1 aromatic carbocycles. The zero-order valence-electron chi connectivity index (χ0n) is 20.1. The van der Waals surface area contributed by atoms with Crippen molar-refractivity contribution in [1.82, 2.24) is 0 Å². The molecule has 0 saturated carbocycles. The largest absolute Gasteiger partial charge is 0.199 e. The van der Waals surface area contributed by atoms with E-state index < -0.39 is 15.8 Å². The molecule has 0 aromatic heterocycles. The van der Waals surface area contributed by atoms with Crippen LogP contribution in [0.1, 0.15) is 88.6 Å². The van der Waals surface area contributed by atoms with E-state index in [0.717, 1.165) is 5.56 Å². The van der Waals surface area contributed by atoms with Gasteiger partial charge in [-0.2, -0.15) is 24.6 Å². The summed E-state index contributed by atoms with van der Waals surface area (Å²) in [7, 11) is -0.788. The van der Waals surface area contributed by atoms with Gasteiger partial charge in [0.2, 0.25) is 0 Å². The van der Waals surface area contributed by atoms with Crippen molar-refractivity contribution in [3.05, 3.63) is 42.8 Å². The molecule has 0 amide bonds. The van der Waals surface area contributed by atoms with E-state index in [9.17, 15) is 0 Å². The van der Waals surface area contributed by atoms with Crippen molar-refractivity contribution in [2.24, 2.45) is 0 Å². The quantitative estimate of drug-likeness (QED) is 0.238. The van der Waals surface area contributed by atoms with Gasteiger partial charge in [0, 0.05) is 32.3 Å². The van der Waals surface area contributed by atoms with E-state index >= 15 is 0 Å². The molecule has 0 atom stereocenters. The zero-order chi connectivity index (χ0) is 21.0. The summed E-state index contributed by atoms with van der Waals surface area (Å²) in [6, 6.07) is 9.87. The fourth-order valence-corrected chi connectivity index (χ4v) is 18.4. The first kappa shape index (κ1) is 29.6. The molecule has 3 heteroatoms. The minimum Gasteiger partial charge on any atom is -0.199 e. The third-order valence-electron chi connectivity index (χ3n) is 4.82. The Balaban J connectivity index is 0. The molecule has 0 radical (unpaired) electrons. The van der Waals surface area contributed by atoms with E-state index in [1.807, 2.05) is 30.3 Å². The van der Waals surface area contributed by atoms with E-state index in [2.05, 4.69) is 90.0 Å². The smallest absolute Gasteiger partial charge is 0.157 e. The first-order valence-corrected chi connectivity index (χ1v) is 13.4. The predicted octanol–water partition coefficient (Wildman–Crippen LogP) is 8.43. The average Bonchev–Trinajstić information content (AvgIpc) is 2.33. The van der Waals surface area contributed by atoms with Crippen LogP contribution in [0.15, 0.2) is 30.3 Å². The molecule has 0 aliphatic rings. The van der Waals surface area contributed by atoms with Gasteiger partial charge in [0.05, 0.1) is 20.6 Å². The van der Waals surface area contributed by atoms with E-state index in [4.69, 9.17) is 0 Å². The Kier molecular flexibility index (Phi) is 12.1. The van der Waals surface area contributed by atoms with Crippen molar-refractivity contribution in [3.8, 4) is 0 Å². The molecule has 0 bridgehead atoms. The predicted molar refractivity (Wildman–Crippen MR) is 131 cm³/mol. The van der Waals surface area contributed by atoms with Crippen LogP contribution in [0.3, 0.4) is 0 Å². The van der Waals surface area contributed by atoms with Crippen LogP contribution in [0, 0.1) is 6.92 Å². The van der Waals surface area contributed by atoms with Crippen molar-refractivity contribution in [2.75, 3.05) is 5.90 Å². The molecular formula is C24H47NiP2+. The molecule has 27 heavy (non-hydrogen) atoms. The summed E-state index contributed by atoms with van der Waals surface area (Å²) in [5.41, 5.74) is 1.07. The van der Waals surface area contributed by atoms with Crippen molar-refractivity contribution < 1.29 is 16.5 Å². The maximum absolute atomic E-state index is 3.72.